The quantitative estimate of drug-likeness (QED) is 0.637. The number of rotatable bonds is 3. The number of halogens is 3. The molecule has 154 valence electrons. The average molecular weight is 412 g/mol. The molecule has 1 aliphatic heterocycles. The van der Waals surface area contributed by atoms with Crippen molar-refractivity contribution in [2.45, 2.75) is 25.6 Å². The number of carbonyl (C=O) groups is 1. The maximum atomic E-state index is 13.5. The van der Waals surface area contributed by atoms with Crippen molar-refractivity contribution < 1.29 is 18.0 Å². The molecule has 0 spiro atoms. The molecule has 2 heterocycles. The van der Waals surface area contributed by atoms with E-state index >= 15 is 0 Å². The lowest BCUT2D eigenvalue weighted by Gasteiger charge is -2.32. The fourth-order valence-corrected chi connectivity index (χ4v) is 3.96. The lowest BCUT2D eigenvalue weighted by molar-refractivity contribution is -0.147. The van der Waals surface area contributed by atoms with Gasteiger partial charge in [0.1, 0.15) is 0 Å². The number of nitrogens with zero attached hydrogens (tertiary/aromatic N) is 4. The van der Waals surface area contributed by atoms with Crippen LogP contribution in [0.4, 0.5) is 13.2 Å². The van der Waals surface area contributed by atoms with Crippen molar-refractivity contribution in [3.8, 4) is 6.07 Å². The minimum absolute atomic E-state index is 0.0122. The van der Waals surface area contributed by atoms with Crippen molar-refractivity contribution in [1.29, 1.82) is 5.26 Å². The molecule has 1 fully saturated rings. The zero-order valence-corrected chi connectivity index (χ0v) is 16.1. The molecular weight excluding hydrogens is 393 g/mol. The van der Waals surface area contributed by atoms with Crippen molar-refractivity contribution in [2.24, 2.45) is 5.92 Å². The van der Waals surface area contributed by atoms with Crippen LogP contribution in [0.1, 0.15) is 34.6 Å². The predicted molar refractivity (Wildman–Crippen MR) is 105 cm³/mol. The summed E-state index contributed by atoms with van der Waals surface area (Å²) in [5.41, 5.74) is 1.67. The van der Waals surface area contributed by atoms with Crippen LogP contribution < -0.4 is 0 Å². The highest BCUT2D eigenvalue weighted by molar-refractivity contribution is 5.94. The molecule has 5 nitrogen and oxygen atoms in total. The van der Waals surface area contributed by atoms with E-state index in [2.05, 4.69) is 4.98 Å². The molecule has 30 heavy (non-hydrogen) atoms. The molecule has 0 radical (unpaired) electrons. The SMILES string of the molecule is N#Cc1cccc(C(=O)N2CCC(Cn3c(C(F)(F)F)nc4ccccc43)CC2)c1. The fourth-order valence-electron chi connectivity index (χ4n) is 3.96. The van der Waals surface area contributed by atoms with Gasteiger partial charge in [0.05, 0.1) is 22.7 Å². The number of carbonyl (C=O) groups excluding carboxylic acids is 1. The molecule has 1 aromatic heterocycles. The predicted octanol–water partition coefficient (Wildman–Crippen LogP) is 4.48. The first-order chi connectivity index (χ1) is 14.4. The molecule has 3 aromatic rings. The van der Waals surface area contributed by atoms with Crippen molar-refractivity contribution in [2.75, 3.05) is 13.1 Å². The van der Waals surface area contributed by atoms with Gasteiger partial charge in [0.25, 0.3) is 5.91 Å². The van der Waals surface area contributed by atoms with Crippen molar-refractivity contribution in [3.63, 3.8) is 0 Å². The van der Waals surface area contributed by atoms with E-state index in [1.54, 1.807) is 53.4 Å². The minimum atomic E-state index is -4.53. The third kappa shape index (κ3) is 3.88. The van der Waals surface area contributed by atoms with Crippen LogP contribution in [0.15, 0.2) is 48.5 Å². The summed E-state index contributed by atoms with van der Waals surface area (Å²) < 4.78 is 41.8. The van der Waals surface area contributed by atoms with Gasteiger partial charge in [-0.05, 0) is 49.1 Å². The molecule has 0 unspecified atom stereocenters. The third-order valence-corrected chi connectivity index (χ3v) is 5.49. The van der Waals surface area contributed by atoms with E-state index in [-0.39, 0.29) is 18.4 Å². The number of hydrogen-bond acceptors (Lipinski definition) is 3. The Morgan fingerprint density at radius 2 is 1.87 bits per heavy atom. The van der Waals surface area contributed by atoms with Gasteiger partial charge in [0.15, 0.2) is 0 Å². The third-order valence-electron chi connectivity index (χ3n) is 5.49. The molecule has 2 aromatic carbocycles. The van der Waals surface area contributed by atoms with Crippen LogP contribution in [0.5, 0.6) is 0 Å². The number of likely N-dealkylation sites (tertiary alicyclic amines) is 1. The first kappa shape index (κ1) is 20.0. The summed E-state index contributed by atoms with van der Waals surface area (Å²) in [6.45, 7) is 1.14. The van der Waals surface area contributed by atoms with Crippen molar-refractivity contribution in [1.82, 2.24) is 14.5 Å². The summed E-state index contributed by atoms with van der Waals surface area (Å²) in [4.78, 5) is 18.2. The van der Waals surface area contributed by atoms with Crippen LogP contribution in [0, 0.1) is 17.2 Å². The Balaban J connectivity index is 1.48. The topological polar surface area (TPSA) is 61.9 Å². The van der Waals surface area contributed by atoms with Gasteiger partial charge < -0.3 is 9.47 Å². The molecule has 0 atom stereocenters. The number of piperidine rings is 1. The van der Waals surface area contributed by atoms with Crippen LogP contribution in [0.3, 0.4) is 0 Å². The lowest BCUT2D eigenvalue weighted by Crippen LogP contribution is -2.39. The second-order valence-corrected chi connectivity index (χ2v) is 7.46. The van der Waals surface area contributed by atoms with Gasteiger partial charge in [-0.2, -0.15) is 18.4 Å². The van der Waals surface area contributed by atoms with Gasteiger partial charge in [-0.25, -0.2) is 4.98 Å². The maximum Gasteiger partial charge on any atom is 0.449 e. The Morgan fingerprint density at radius 1 is 1.13 bits per heavy atom. The van der Waals surface area contributed by atoms with E-state index < -0.39 is 12.0 Å². The normalized spacial score (nSPS) is 15.3. The number of fused-ring (bicyclic) bond motifs is 1. The molecule has 1 saturated heterocycles. The largest absolute Gasteiger partial charge is 0.449 e. The van der Waals surface area contributed by atoms with Gasteiger partial charge >= 0.3 is 6.18 Å². The first-order valence-corrected chi connectivity index (χ1v) is 9.68. The summed E-state index contributed by atoms with van der Waals surface area (Å²) in [6, 6.07) is 15.2. The summed E-state index contributed by atoms with van der Waals surface area (Å²) in [5.74, 6) is -1.02. The Kier molecular flexibility index (Phi) is 5.20. The molecule has 8 heteroatoms. The molecule has 1 aliphatic rings. The Labute approximate surface area is 171 Å². The number of para-hydroxylation sites is 2. The van der Waals surface area contributed by atoms with E-state index in [0.29, 0.717) is 48.1 Å². The molecule has 0 saturated carbocycles. The standard InChI is InChI=1S/C22H19F3N4O/c23-22(24,25)21-27-18-6-1-2-7-19(18)29(21)14-15-8-10-28(11-9-15)20(30)17-5-3-4-16(12-17)13-26/h1-7,12,15H,8-11,14H2. The Morgan fingerprint density at radius 3 is 2.57 bits per heavy atom. The Bertz CT molecular complexity index is 1120. The number of alkyl halides is 3. The van der Waals surface area contributed by atoms with Crippen LogP contribution in [0.25, 0.3) is 11.0 Å². The summed E-state index contributed by atoms with van der Waals surface area (Å²) in [6.07, 6.45) is -3.32. The molecule has 1 amide bonds. The summed E-state index contributed by atoms with van der Waals surface area (Å²) in [5, 5.41) is 9.00. The number of hydrogen-bond donors (Lipinski definition) is 0. The number of nitriles is 1. The fraction of sp³-hybridized carbons (Fsp3) is 0.318. The highest BCUT2D eigenvalue weighted by Crippen LogP contribution is 2.33. The van der Waals surface area contributed by atoms with Crippen LogP contribution in [-0.2, 0) is 12.7 Å². The van der Waals surface area contributed by atoms with Gasteiger partial charge in [0, 0.05) is 25.2 Å². The van der Waals surface area contributed by atoms with Crippen molar-refractivity contribution >= 4 is 16.9 Å². The number of amides is 1. The molecule has 0 bridgehead atoms. The van der Waals surface area contributed by atoms with Gasteiger partial charge in [-0.1, -0.05) is 18.2 Å². The van der Waals surface area contributed by atoms with Crippen LogP contribution >= 0.6 is 0 Å². The first-order valence-electron chi connectivity index (χ1n) is 9.68. The van der Waals surface area contributed by atoms with Crippen LogP contribution in [0.2, 0.25) is 0 Å². The molecule has 4 rings (SSSR count). The number of benzene rings is 2. The molecule has 0 N–H and O–H groups in total. The second-order valence-electron chi connectivity index (χ2n) is 7.46. The van der Waals surface area contributed by atoms with E-state index in [1.165, 1.54) is 4.57 Å². The summed E-state index contributed by atoms with van der Waals surface area (Å²) in [7, 11) is 0. The highest BCUT2D eigenvalue weighted by Gasteiger charge is 2.38. The van der Waals surface area contributed by atoms with Gasteiger partial charge in [-0.15, -0.1) is 0 Å². The van der Waals surface area contributed by atoms with Gasteiger partial charge in [0.2, 0.25) is 5.82 Å². The highest BCUT2D eigenvalue weighted by atomic mass is 19.4. The average Bonchev–Trinajstić information content (AvgIpc) is 3.13. The van der Waals surface area contributed by atoms with Crippen molar-refractivity contribution in [3.05, 3.63) is 65.5 Å². The van der Waals surface area contributed by atoms with E-state index in [0.717, 1.165) is 0 Å². The zero-order chi connectivity index (χ0) is 21.3. The lowest BCUT2D eigenvalue weighted by atomic mass is 9.96. The molecular formula is C22H19F3N4O. The van der Waals surface area contributed by atoms with E-state index in [9.17, 15) is 18.0 Å². The van der Waals surface area contributed by atoms with E-state index in [1.807, 2.05) is 6.07 Å². The maximum absolute atomic E-state index is 13.5. The zero-order valence-electron chi connectivity index (χ0n) is 16.1. The van der Waals surface area contributed by atoms with Crippen LogP contribution in [-0.4, -0.2) is 33.4 Å². The number of imidazole rings is 1. The number of aromatic nitrogens is 2. The molecule has 0 aliphatic carbocycles. The smallest absolute Gasteiger partial charge is 0.339 e. The minimum Gasteiger partial charge on any atom is -0.339 e. The monoisotopic (exact) mass is 412 g/mol. The van der Waals surface area contributed by atoms with Gasteiger partial charge in [-0.3, -0.25) is 4.79 Å². The second kappa shape index (κ2) is 7.82. The summed E-state index contributed by atoms with van der Waals surface area (Å²) >= 11 is 0. The van der Waals surface area contributed by atoms with E-state index in [4.69, 9.17) is 5.26 Å². The Hall–Kier alpha value is -3.34.